The lowest BCUT2D eigenvalue weighted by molar-refractivity contribution is 0.0302. The van der Waals surface area contributed by atoms with Crippen LogP contribution in [-0.4, -0.2) is 74.4 Å². The summed E-state index contributed by atoms with van der Waals surface area (Å²) >= 11 is 0. The van der Waals surface area contributed by atoms with Gasteiger partial charge in [-0.3, -0.25) is 14.4 Å². The summed E-state index contributed by atoms with van der Waals surface area (Å²) in [6.07, 6.45) is 8.97. The molecule has 158 valence electrons. The van der Waals surface area contributed by atoms with Crippen LogP contribution in [0.1, 0.15) is 41.6 Å². The van der Waals surface area contributed by atoms with Crippen molar-refractivity contribution in [3.8, 4) is 0 Å². The summed E-state index contributed by atoms with van der Waals surface area (Å²) in [5.74, 6) is 1.82. The lowest BCUT2D eigenvalue weighted by atomic mass is 9.91. The number of morpholine rings is 1. The Morgan fingerprint density at radius 1 is 1.21 bits per heavy atom. The molecule has 0 bridgehead atoms. The number of rotatable bonds is 6. The molecule has 0 unspecified atom stereocenters. The molecule has 1 amide bonds. The van der Waals surface area contributed by atoms with Gasteiger partial charge in [0.05, 0.1) is 31.0 Å². The van der Waals surface area contributed by atoms with E-state index >= 15 is 0 Å². The average Bonchev–Trinajstić information content (AvgIpc) is 3.35. The van der Waals surface area contributed by atoms with Gasteiger partial charge in [0.2, 0.25) is 0 Å². The van der Waals surface area contributed by atoms with E-state index in [1.165, 1.54) is 0 Å². The number of likely N-dealkylation sites (tertiary alicyclic amines) is 1. The lowest BCUT2D eigenvalue weighted by Gasteiger charge is -2.31. The van der Waals surface area contributed by atoms with Gasteiger partial charge in [-0.2, -0.15) is 5.10 Å². The van der Waals surface area contributed by atoms with E-state index < -0.39 is 0 Å². The van der Waals surface area contributed by atoms with Crippen molar-refractivity contribution in [3.05, 3.63) is 35.7 Å². The maximum absolute atomic E-state index is 13.0. The first-order valence-electron chi connectivity index (χ1n) is 10.8. The van der Waals surface area contributed by atoms with Crippen LogP contribution in [0.2, 0.25) is 0 Å². The normalized spacial score (nSPS) is 19.0. The van der Waals surface area contributed by atoms with Gasteiger partial charge in [-0.05, 0) is 45.2 Å². The van der Waals surface area contributed by atoms with Crippen LogP contribution in [0.15, 0.2) is 18.6 Å². The fourth-order valence-electron chi connectivity index (χ4n) is 4.40. The van der Waals surface area contributed by atoms with Gasteiger partial charge in [-0.1, -0.05) is 0 Å². The van der Waals surface area contributed by atoms with Crippen molar-refractivity contribution in [2.75, 3.05) is 39.4 Å². The van der Waals surface area contributed by atoms with Crippen LogP contribution in [0.3, 0.4) is 0 Å². The molecule has 0 saturated carbocycles. The van der Waals surface area contributed by atoms with E-state index in [1.807, 2.05) is 24.3 Å². The number of ether oxygens (including phenoxy) is 1. The number of nitrogens with zero attached hydrogens (tertiary/aromatic N) is 6. The zero-order valence-electron chi connectivity index (χ0n) is 17.6. The van der Waals surface area contributed by atoms with E-state index in [0.29, 0.717) is 32.2 Å². The summed E-state index contributed by atoms with van der Waals surface area (Å²) in [6.45, 7) is 8.75. The molecule has 4 rings (SSSR count). The highest BCUT2D eigenvalue weighted by Gasteiger charge is 2.27. The Morgan fingerprint density at radius 2 is 1.97 bits per heavy atom. The van der Waals surface area contributed by atoms with Gasteiger partial charge in [-0.15, -0.1) is 0 Å². The second-order valence-electron chi connectivity index (χ2n) is 8.12. The third-order valence-corrected chi connectivity index (χ3v) is 6.13. The number of amides is 1. The molecule has 0 atom stereocenters. The maximum Gasteiger partial charge on any atom is 0.257 e. The molecular formula is C21H32N6O2. The van der Waals surface area contributed by atoms with Gasteiger partial charge in [0, 0.05) is 45.3 Å². The van der Waals surface area contributed by atoms with Crippen LogP contribution >= 0.6 is 0 Å². The summed E-state index contributed by atoms with van der Waals surface area (Å²) in [5.41, 5.74) is 1.71. The van der Waals surface area contributed by atoms with E-state index in [2.05, 4.69) is 32.7 Å². The van der Waals surface area contributed by atoms with Crippen molar-refractivity contribution in [1.82, 2.24) is 29.1 Å². The number of carbonyl (C=O) groups is 1. The Bertz CT molecular complexity index is 815. The molecule has 2 fully saturated rings. The molecule has 2 aliphatic heterocycles. The zero-order valence-corrected chi connectivity index (χ0v) is 17.6. The van der Waals surface area contributed by atoms with Crippen molar-refractivity contribution in [1.29, 1.82) is 0 Å². The number of carbonyl (C=O) groups excluding carboxylic acids is 1. The summed E-state index contributed by atoms with van der Waals surface area (Å²) < 4.78 is 9.37. The first-order valence-corrected chi connectivity index (χ1v) is 10.8. The first-order chi connectivity index (χ1) is 14.1. The van der Waals surface area contributed by atoms with Gasteiger partial charge in [0.25, 0.3) is 5.91 Å². The Hall–Kier alpha value is -2.19. The Morgan fingerprint density at radius 3 is 2.69 bits per heavy atom. The number of aromatic nitrogens is 4. The van der Waals surface area contributed by atoms with Gasteiger partial charge < -0.3 is 14.2 Å². The van der Waals surface area contributed by atoms with Crippen LogP contribution in [0.4, 0.5) is 0 Å². The lowest BCUT2D eigenvalue weighted by Crippen LogP contribution is -2.41. The smallest absolute Gasteiger partial charge is 0.257 e. The van der Waals surface area contributed by atoms with Crippen LogP contribution in [0, 0.1) is 5.92 Å². The first kappa shape index (κ1) is 20.1. The maximum atomic E-state index is 13.0. The molecule has 2 aromatic heterocycles. The van der Waals surface area contributed by atoms with Crippen LogP contribution < -0.4 is 0 Å². The highest BCUT2D eigenvalue weighted by Crippen LogP contribution is 2.24. The molecule has 0 aliphatic carbocycles. The van der Waals surface area contributed by atoms with E-state index in [0.717, 1.165) is 62.5 Å². The minimum atomic E-state index is 0.0974. The standard InChI is InChI=1S/C21H32N6O2/c1-3-26-9-6-22-20(26)16-25-7-4-17(5-8-25)14-19-18(15-24(2)23-19)21(28)27-10-12-29-13-11-27/h6,9,15,17H,3-5,7-8,10-14,16H2,1-2H3. The zero-order chi connectivity index (χ0) is 20.2. The molecule has 2 saturated heterocycles. The Kier molecular flexibility index (Phi) is 6.30. The Balaban J connectivity index is 1.34. The Labute approximate surface area is 172 Å². The van der Waals surface area contributed by atoms with Gasteiger partial charge in [0.1, 0.15) is 5.82 Å². The van der Waals surface area contributed by atoms with Gasteiger partial charge in [-0.25, -0.2) is 4.98 Å². The van der Waals surface area contributed by atoms with Crippen molar-refractivity contribution < 1.29 is 9.53 Å². The fraction of sp³-hybridized carbons (Fsp3) is 0.667. The highest BCUT2D eigenvalue weighted by atomic mass is 16.5. The summed E-state index contributed by atoms with van der Waals surface area (Å²) in [7, 11) is 1.90. The topological polar surface area (TPSA) is 68.4 Å². The molecule has 2 aliphatic rings. The molecular weight excluding hydrogens is 368 g/mol. The quantitative estimate of drug-likeness (QED) is 0.736. The molecule has 0 spiro atoms. The predicted octanol–water partition coefficient (Wildman–Crippen LogP) is 1.56. The molecule has 8 heteroatoms. The van der Waals surface area contributed by atoms with Crippen molar-refractivity contribution >= 4 is 5.91 Å². The van der Waals surface area contributed by atoms with Crippen molar-refractivity contribution in [3.63, 3.8) is 0 Å². The van der Waals surface area contributed by atoms with Crippen LogP contribution in [-0.2, 0) is 31.3 Å². The highest BCUT2D eigenvalue weighted by molar-refractivity contribution is 5.95. The van der Waals surface area contributed by atoms with E-state index in [4.69, 9.17) is 4.74 Å². The molecule has 0 radical (unpaired) electrons. The van der Waals surface area contributed by atoms with Crippen LogP contribution in [0.5, 0.6) is 0 Å². The summed E-state index contributed by atoms with van der Waals surface area (Å²) in [5, 5.41) is 4.63. The predicted molar refractivity (Wildman–Crippen MR) is 110 cm³/mol. The molecule has 0 N–H and O–H groups in total. The van der Waals surface area contributed by atoms with E-state index in [1.54, 1.807) is 4.68 Å². The number of piperidine rings is 1. The minimum Gasteiger partial charge on any atom is -0.378 e. The van der Waals surface area contributed by atoms with Gasteiger partial charge in [0.15, 0.2) is 0 Å². The van der Waals surface area contributed by atoms with Crippen LogP contribution in [0.25, 0.3) is 0 Å². The minimum absolute atomic E-state index is 0.0974. The van der Waals surface area contributed by atoms with E-state index in [-0.39, 0.29) is 5.91 Å². The largest absolute Gasteiger partial charge is 0.378 e. The number of imidazole rings is 1. The molecule has 4 heterocycles. The van der Waals surface area contributed by atoms with E-state index in [9.17, 15) is 4.79 Å². The van der Waals surface area contributed by atoms with Gasteiger partial charge >= 0.3 is 0 Å². The third kappa shape index (κ3) is 4.70. The monoisotopic (exact) mass is 400 g/mol. The molecule has 29 heavy (non-hydrogen) atoms. The third-order valence-electron chi connectivity index (χ3n) is 6.13. The molecule has 8 nitrogen and oxygen atoms in total. The molecule has 0 aromatic carbocycles. The second-order valence-corrected chi connectivity index (χ2v) is 8.12. The van der Waals surface area contributed by atoms with Crippen molar-refractivity contribution in [2.24, 2.45) is 13.0 Å². The summed E-state index contributed by atoms with van der Waals surface area (Å²) in [6, 6.07) is 0. The fourth-order valence-corrected chi connectivity index (χ4v) is 4.40. The average molecular weight is 401 g/mol. The molecule has 2 aromatic rings. The second kappa shape index (κ2) is 9.09. The number of hydrogen-bond acceptors (Lipinski definition) is 5. The summed E-state index contributed by atoms with van der Waals surface area (Å²) in [4.78, 5) is 21.8. The number of aryl methyl sites for hydroxylation is 2. The van der Waals surface area contributed by atoms with Crippen molar-refractivity contribution in [2.45, 2.75) is 39.3 Å². The number of hydrogen-bond donors (Lipinski definition) is 0. The SMILES string of the molecule is CCn1ccnc1CN1CCC(Cc2nn(C)cc2C(=O)N2CCOCC2)CC1.